The third-order valence-electron chi connectivity index (χ3n) is 2.41. The Morgan fingerprint density at radius 2 is 2.06 bits per heavy atom. The molecule has 1 rings (SSSR count). The molecule has 0 heterocycles. The van der Waals surface area contributed by atoms with Gasteiger partial charge < -0.3 is 10.2 Å². The van der Waals surface area contributed by atoms with E-state index in [0.717, 1.165) is 12.1 Å². The highest BCUT2D eigenvalue weighted by Crippen LogP contribution is 2.24. The van der Waals surface area contributed by atoms with Gasteiger partial charge in [0.05, 0.1) is 11.0 Å². The number of nitro groups is 1. The van der Waals surface area contributed by atoms with Gasteiger partial charge in [-0.05, 0) is 21.1 Å². The molecule has 0 aliphatic heterocycles. The molecular formula is C11H17N3O2. The summed E-state index contributed by atoms with van der Waals surface area (Å²) in [5, 5.41) is 14.0. The molecule has 0 aliphatic carbocycles. The number of hydrogen-bond acceptors (Lipinski definition) is 4. The van der Waals surface area contributed by atoms with Gasteiger partial charge in [-0.1, -0.05) is 18.2 Å². The van der Waals surface area contributed by atoms with Crippen LogP contribution < -0.4 is 5.32 Å². The van der Waals surface area contributed by atoms with Crippen LogP contribution in [0.2, 0.25) is 0 Å². The van der Waals surface area contributed by atoms with Gasteiger partial charge >= 0.3 is 0 Å². The van der Waals surface area contributed by atoms with Crippen LogP contribution >= 0.6 is 0 Å². The molecule has 16 heavy (non-hydrogen) atoms. The van der Waals surface area contributed by atoms with Crippen LogP contribution in [-0.4, -0.2) is 37.5 Å². The first-order chi connectivity index (χ1) is 7.56. The Morgan fingerprint density at radius 1 is 1.44 bits per heavy atom. The number of hydrogen-bond donors (Lipinski definition) is 1. The standard InChI is InChI=1S/C11H17N3O2/c1-12-10(8-13(2)3)9-6-4-5-7-11(9)14(15)16/h4-7,10,12H,8H2,1-3H3. The normalized spacial score (nSPS) is 12.8. The Kier molecular flexibility index (Phi) is 4.39. The summed E-state index contributed by atoms with van der Waals surface area (Å²) in [5.74, 6) is 0. The summed E-state index contributed by atoms with van der Waals surface area (Å²) in [7, 11) is 5.70. The lowest BCUT2D eigenvalue weighted by Crippen LogP contribution is -2.29. The van der Waals surface area contributed by atoms with Gasteiger partial charge in [-0.15, -0.1) is 0 Å². The van der Waals surface area contributed by atoms with E-state index in [4.69, 9.17) is 0 Å². The molecule has 0 aromatic heterocycles. The predicted molar refractivity (Wildman–Crippen MR) is 63.5 cm³/mol. The molecule has 0 saturated carbocycles. The maximum absolute atomic E-state index is 10.9. The van der Waals surface area contributed by atoms with Gasteiger partial charge in [0.15, 0.2) is 0 Å². The van der Waals surface area contributed by atoms with E-state index < -0.39 is 0 Å². The van der Waals surface area contributed by atoms with E-state index in [-0.39, 0.29) is 16.7 Å². The van der Waals surface area contributed by atoms with Crippen LogP contribution in [0.1, 0.15) is 11.6 Å². The fraction of sp³-hybridized carbons (Fsp3) is 0.455. The van der Waals surface area contributed by atoms with Gasteiger partial charge in [0.2, 0.25) is 0 Å². The lowest BCUT2D eigenvalue weighted by molar-refractivity contribution is -0.385. The summed E-state index contributed by atoms with van der Waals surface area (Å²) in [6.45, 7) is 0.724. The molecule has 1 atom stereocenters. The van der Waals surface area contributed by atoms with Gasteiger partial charge in [0, 0.05) is 18.2 Å². The van der Waals surface area contributed by atoms with Crippen LogP contribution in [0.3, 0.4) is 0 Å². The van der Waals surface area contributed by atoms with Crippen molar-refractivity contribution < 1.29 is 4.92 Å². The molecule has 1 N–H and O–H groups in total. The van der Waals surface area contributed by atoms with E-state index in [1.54, 1.807) is 12.1 Å². The molecule has 5 heteroatoms. The van der Waals surface area contributed by atoms with E-state index >= 15 is 0 Å². The monoisotopic (exact) mass is 223 g/mol. The second-order valence-corrected chi connectivity index (χ2v) is 3.92. The Bertz CT molecular complexity index is 366. The summed E-state index contributed by atoms with van der Waals surface area (Å²) in [6, 6.07) is 6.81. The number of likely N-dealkylation sites (N-methyl/N-ethyl adjacent to an activating group) is 2. The third kappa shape index (κ3) is 3.01. The van der Waals surface area contributed by atoms with E-state index in [1.165, 1.54) is 6.07 Å². The summed E-state index contributed by atoms with van der Waals surface area (Å²) >= 11 is 0. The van der Waals surface area contributed by atoms with Crippen molar-refractivity contribution in [2.24, 2.45) is 0 Å². The van der Waals surface area contributed by atoms with Crippen molar-refractivity contribution in [1.29, 1.82) is 0 Å². The largest absolute Gasteiger partial charge is 0.312 e. The van der Waals surface area contributed by atoms with Gasteiger partial charge in [-0.3, -0.25) is 10.1 Å². The van der Waals surface area contributed by atoms with E-state index in [2.05, 4.69) is 5.32 Å². The van der Waals surface area contributed by atoms with Crippen LogP contribution in [0.25, 0.3) is 0 Å². The van der Waals surface area contributed by atoms with E-state index in [1.807, 2.05) is 32.1 Å². The van der Waals surface area contributed by atoms with Crippen molar-refractivity contribution in [3.63, 3.8) is 0 Å². The number of nitro benzene ring substituents is 1. The molecule has 0 radical (unpaired) electrons. The molecule has 0 aliphatic rings. The maximum Gasteiger partial charge on any atom is 0.274 e. The van der Waals surface area contributed by atoms with Crippen LogP contribution in [0.15, 0.2) is 24.3 Å². The summed E-state index contributed by atoms with van der Waals surface area (Å²) < 4.78 is 0. The zero-order chi connectivity index (χ0) is 12.1. The van der Waals surface area contributed by atoms with E-state index in [9.17, 15) is 10.1 Å². The number of rotatable bonds is 5. The minimum atomic E-state index is -0.338. The maximum atomic E-state index is 10.9. The van der Waals surface area contributed by atoms with Gasteiger partial charge in [-0.25, -0.2) is 0 Å². The zero-order valence-corrected chi connectivity index (χ0v) is 9.80. The van der Waals surface area contributed by atoms with Crippen LogP contribution in [0, 0.1) is 10.1 Å². The molecule has 0 fully saturated rings. The molecule has 0 bridgehead atoms. The first-order valence-electron chi connectivity index (χ1n) is 5.11. The van der Waals surface area contributed by atoms with Crippen molar-refractivity contribution >= 4 is 5.69 Å². The molecule has 1 aromatic carbocycles. The van der Waals surface area contributed by atoms with E-state index in [0.29, 0.717) is 0 Å². The Morgan fingerprint density at radius 3 is 2.56 bits per heavy atom. The van der Waals surface area contributed by atoms with Crippen molar-refractivity contribution in [3.05, 3.63) is 39.9 Å². The van der Waals surface area contributed by atoms with Gasteiger partial charge in [-0.2, -0.15) is 0 Å². The summed E-state index contributed by atoms with van der Waals surface area (Å²) in [6.07, 6.45) is 0. The third-order valence-corrected chi connectivity index (χ3v) is 2.41. The molecule has 1 unspecified atom stereocenters. The average Bonchev–Trinajstić information content (AvgIpc) is 2.25. The molecule has 0 spiro atoms. The number of nitrogens with zero attached hydrogens (tertiary/aromatic N) is 2. The minimum Gasteiger partial charge on any atom is -0.312 e. The van der Waals surface area contributed by atoms with Crippen molar-refractivity contribution in [1.82, 2.24) is 10.2 Å². The smallest absolute Gasteiger partial charge is 0.274 e. The highest BCUT2D eigenvalue weighted by atomic mass is 16.6. The van der Waals surface area contributed by atoms with Gasteiger partial charge in [0.25, 0.3) is 5.69 Å². The quantitative estimate of drug-likeness (QED) is 0.605. The predicted octanol–water partition coefficient (Wildman–Crippen LogP) is 1.42. The SMILES string of the molecule is CNC(CN(C)C)c1ccccc1[N+](=O)[O-]. The first-order valence-corrected chi connectivity index (χ1v) is 5.11. The lowest BCUT2D eigenvalue weighted by atomic mass is 10.0. The number of para-hydroxylation sites is 1. The summed E-state index contributed by atoms with van der Waals surface area (Å²) in [5.41, 5.74) is 0.896. The van der Waals surface area contributed by atoms with Crippen molar-refractivity contribution in [2.45, 2.75) is 6.04 Å². The number of nitrogens with one attached hydrogen (secondary N) is 1. The molecule has 1 aromatic rings. The molecule has 5 nitrogen and oxygen atoms in total. The highest BCUT2D eigenvalue weighted by Gasteiger charge is 2.20. The fourth-order valence-electron chi connectivity index (χ4n) is 1.66. The van der Waals surface area contributed by atoms with Crippen LogP contribution in [0.4, 0.5) is 5.69 Å². The lowest BCUT2D eigenvalue weighted by Gasteiger charge is -2.20. The molecule has 88 valence electrons. The molecular weight excluding hydrogens is 206 g/mol. The second-order valence-electron chi connectivity index (χ2n) is 3.92. The Balaban J connectivity index is 3.04. The first kappa shape index (κ1) is 12.6. The highest BCUT2D eigenvalue weighted by molar-refractivity contribution is 5.42. The Hall–Kier alpha value is -1.46. The summed E-state index contributed by atoms with van der Waals surface area (Å²) in [4.78, 5) is 12.6. The Labute approximate surface area is 95.2 Å². The molecule has 0 saturated heterocycles. The van der Waals surface area contributed by atoms with Crippen LogP contribution in [0.5, 0.6) is 0 Å². The second kappa shape index (κ2) is 5.58. The number of benzene rings is 1. The van der Waals surface area contributed by atoms with Crippen molar-refractivity contribution in [3.8, 4) is 0 Å². The van der Waals surface area contributed by atoms with Crippen LogP contribution in [-0.2, 0) is 0 Å². The van der Waals surface area contributed by atoms with Crippen molar-refractivity contribution in [2.75, 3.05) is 27.7 Å². The minimum absolute atomic E-state index is 0.0309. The average molecular weight is 223 g/mol. The fourth-order valence-corrected chi connectivity index (χ4v) is 1.66. The topological polar surface area (TPSA) is 58.4 Å². The zero-order valence-electron chi connectivity index (χ0n) is 9.80. The molecule has 0 amide bonds. The van der Waals surface area contributed by atoms with Gasteiger partial charge in [0.1, 0.15) is 0 Å².